The molecular weight excluding hydrogens is 504 g/mol. The van der Waals surface area contributed by atoms with Gasteiger partial charge in [0.15, 0.2) is 0 Å². The molecule has 2 unspecified atom stereocenters. The van der Waals surface area contributed by atoms with E-state index in [1.807, 2.05) is 91.0 Å². The summed E-state index contributed by atoms with van der Waals surface area (Å²) in [6.45, 7) is 0. The van der Waals surface area contributed by atoms with Crippen molar-refractivity contribution in [3.63, 3.8) is 0 Å². The van der Waals surface area contributed by atoms with Gasteiger partial charge in [0, 0.05) is 22.8 Å². The van der Waals surface area contributed by atoms with E-state index in [0.29, 0.717) is 19.3 Å². The molecule has 0 saturated carbocycles. The molecule has 5 aromatic rings. The summed E-state index contributed by atoms with van der Waals surface area (Å²) in [5.41, 5.74) is 5.85. The molecule has 0 aliphatic heterocycles. The first-order chi connectivity index (χ1) is 20.1. The maximum absolute atomic E-state index is 12.4. The smallest absolute Gasteiger partial charge is 0.310 e. The molecule has 0 amide bonds. The van der Waals surface area contributed by atoms with Crippen LogP contribution in [0.5, 0.6) is 0 Å². The van der Waals surface area contributed by atoms with Gasteiger partial charge in [0.2, 0.25) is 0 Å². The van der Waals surface area contributed by atoms with Crippen molar-refractivity contribution in [2.75, 3.05) is 0 Å². The Morgan fingerprint density at radius 2 is 1.46 bits per heavy atom. The van der Waals surface area contributed by atoms with E-state index >= 15 is 0 Å². The van der Waals surface area contributed by atoms with Crippen LogP contribution in [0.15, 0.2) is 150 Å². The largest absolute Gasteiger partial charge is 0.481 e. The molecule has 0 fully saturated rings. The van der Waals surface area contributed by atoms with Gasteiger partial charge in [0.1, 0.15) is 11.3 Å². The van der Waals surface area contributed by atoms with Gasteiger partial charge in [-0.1, -0.05) is 140 Å². The molecule has 0 radical (unpaired) electrons. The number of furan rings is 1. The van der Waals surface area contributed by atoms with Crippen molar-refractivity contribution in [2.45, 2.75) is 24.7 Å². The average Bonchev–Trinajstić information content (AvgIpc) is 3.39. The highest BCUT2D eigenvalue weighted by Crippen LogP contribution is 2.45. The van der Waals surface area contributed by atoms with Gasteiger partial charge in [-0.3, -0.25) is 4.79 Å². The number of allylic oxidation sites excluding steroid dienone is 5. The van der Waals surface area contributed by atoms with E-state index in [1.54, 1.807) is 0 Å². The van der Waals surface area contributed by atoms with E-state index < -0.39 is 17.3 Å². The van der Waals surface area contributed by atoms with Crippen LogP contribution in [0.1, 0.15) is 34.4 Å². The Hall–Kier alpha value is -4.89. The third kappa shape index (κ3) is 5.71. The number of para-hydroxylation sites is 1. The summed E-state index contributed by atoms with van der Waals surface area (Å²) in [5.74, 6) is -0.585. The number of rotatable bonds is 9. The first kappa shape index (κ1) is 26.3. The standard InChI is InChI=1S/C38H32O3/c39-37(40)32(26-28-12-4-1-5-13-28)22-25-38(23-20-31(21-24-38)30-16-8-3-9-17-30)36-33-18-10-11-19-34(33)41-35(36)27-29-14-6-2-7-15-29/h1-23,25,32H,24,26-27H2,(H,39,40). The number of aliphatic carboxylic acids is 1. The van der Waals surface area contributed by atoms with Crippen molar-refractivity contribution in [3.05, 3.63) is 174 Å². The monoisotopic (exact) mass is 536 g/mol. The number of fused-ring (bicyclic) bond motifs is 1. The lowest BCUT2D eigenvalue weighted by molar-refractivity contribution is -0.140. The average molecular weight is 537 g/mol. The third-order valence-electron chi connectivity index (χ3n) is 7.91. The predicted molar refractivity (Wildman–Crippen MR) is 166 cm³/mol. The summed E-state index contributed by atoms with van der Waals surface area (Å²) in [4.78, 5) is 12.4. The molecule has 4 aromatic carbocycles. The lowest BCUT2D eigenvalue weighted by Crippen LogP contribution is -2.25. The molecule has 2 atom stereocenters. The van der Waals surface area contributed by atoms with E-state index in [9.17, 15) is 9.90 Å². The van der Waals surface area contributed by atoms with Crippen LogP contribution in [0.25, 0.3) is 16.5 Å². The van der Waals surface area contributed by atoms with E-state index in [-0.39, 0.29) is 0 Å². The summed E-state index contributed by atoms with van der Waals surface area (Å²) >= 11 is 0. The molecule has 1 N–H and O–H groups in total. The molecular formula is C38H32O3. The maximum Gasteiger partial charge on any atom is 0.310 e. The van der Waals surface area contributed by atoms with Crippen molar-refractivity contribution < 1.29 is 14.3 Å². The zero-order valence-corrected chi connectivity index (χ0v) is 22.8. The predicted octanol–water partition coefficient (Wildman–Crippen LogP) is 8.80. The Balaban J connectivity index is 1.47. The molecule has 6 rings (SSSR count). The fraction of sp³-hybridized carbons (Fsp3) is 0.132. The highest BCUT2D eigenvalue weighted by Gasteiger charge is 2.35. The summed E-state index contributed by atoms with van der Waals surface area (Å²) in [5, 5.41) is 11.2. The molecule has 3 nitrogen and oxygen atoms in total. The van der Waals surface area contributed by atoms with E-state index in [1.165, 1.54) is 5.56 Å². The SMILES string of the molecule is O=C(O)C(C=CC1(c2c(Cc3ccccc3)oc3ccccc23)C=CC(c2ccccc2)=CC1)Cc1ccccc1. The number of carboxylic acids is 1. The topological polar surface area (TPSA) is 50.4 Å². The number of hydrogen-bond acceptors (Lipinski definition) is 2. The minimum absolute atomic E-state index is 0.431. The molecule has 1 aliphatic carbocycles. The number of carboxylic acid groups (broad SMARTS) is 1. The Bertz CT molecular complexity index is 1730. The highest BCUT2D eigenvalue weighted by atomic mass is 16.4. The minimum atomic E-state index is -0.831. The van der Waals surface area contributed by atoms with Gasteiger partial charge in [0.25, 0.3) is 0 Å². The second-order valence-corrected chi connectivity index (χ2v) is 10.7. The van der Waals surface area contributed by atoms with Crippen LogP contribution >= 0.6 is 0 Å². The molecule has 0 spiro atoms. The van der Waals surface area contributed by atoms with Gasteiger partial charge in [-0.15, -0.1) is 0 Å². The fourth-order valence-electron chi connectivity index (χ4n) is 5.80. The number of benzene rings is 4. The van der Waals surface area contributed by atoms with Gasteiger partial charge >= 0.3 is 5.97 Å². The summed E-state index contributed by atoms with van der Waals surface area (Å²) in [6.07, 6.45) is 12.4. The first-order valence-corrected chi connectivity index (χ1v) is 14.1. The van der Waals surface area contributed by atoms with Gasteiger partial charge in [-0.2, -0.15) is 0 Å². The Labute approximate surface area is 240 Å². The molecule has 0 bridgehead atoms. The minimum Gasteiger partial charge on any atom is -0.481 e. The summed E-state index contributed by atoms with van der Waals surface area (Å²) < 4.78 is 6.54. The van der Waals surface area contributed by atoms with E-state index in [2.05, 4.69) is 54.6 Å². The van der Waals surface area contributed by atoms with Crippen LogP contribution in [-0.2, 0) is 23.1 Å². The Morgan fingerprint density at radius 1 is 0.829 bits per heavy atom. The van der Waals surface area contributed by atoms with Crippen LogP contribution in [0.4, 0.5) is 0 Å². The van der Waals surface area contributed by atoms with Crippen molar-refractivity contribution in [2.24, 2.45) is 5.92 Å². The van der Waals surface area contributed by atoms with Crippen LogP contribution < -0.4 is 0 Å². The molecule has 1 aliphatic rings. The molecule has 41 heavy (non-hydrogen) atoms. The van der Waals surface area contributed by atoms with Crippen molar-refractivity contribution in [1.29, 1.82) is 0 Å². The quantitative estimate of drug-likeness (QED) is 0.192. The van der Waals surface area contributed by atoms with Crippen LogP contribution in [0.2, 0.25) is 0 Å². The summed E-state index contributed by atoms with van der Waals surface area (Å²) in [7, 11) is 0. The fourth-order valence-corrected chi connectivity index (χ4v) is 5.80. The van der Waals surface area contributed by atoms with Crippen molar-refractivity contribution >= 4 is 22.5 Å². The zero-order chi connectivity index (χ0) is 28.1. The number of hydrogen-bond donors (Lipinski definition) is 1. The van der Waals surface area contributed by atoms with Gasteiger partial charge in [-0.25, -0.2) is 0 Å². The van der Waals surface area contributed by atoms with Crippen LogP contribution in [-0.4, -0.2) is 11.1 Å². The zero-order valence-electron chi connectivity index (χ0n) is 22.8. The van der Waals surface area contributed by atoms with Gasteiger partial charge in [0.05, 0.1) is 5.92 Å². The third-order valence-corrected chi connectivity index (χ3v) is 7.91. The molecule has 0 saturated heterocycles. The lowest BCUT2D eigenvalue weighted by atomic mass is 9.71. The highest BCUT2D eigenvalue weighted by molar-refractivity contribution is 5.86. The van der Waals surface area contributed by atoms with E-state index in [4.69, 9.17) is 4.42 Å². The normalized spacial score (nSPS) is 17.5. The van der Waals surface area contributed by atoms with Gasteiger partial charge < -0.3 is 9.52 Å². The molecule has 1 aromatic heterocycles. The van der Waals surface area contributed by atoms with Crippen LogP contribution in [0, 0.1) is 5.92 Å². The second-order valence-electron chi connectivity index (χ2n) is 10.7. The van der Waals surface area contributed by atoms with Gasteiger partial charge in [-0.05, 0) is 41.2 Å². The summed E-state index contributed by atoms with van der Waals surface area (Å²) in [6, 6.07) is 38.7. The van der Waals surface area contributed by atoms with Crippen LogP contribution in [0.3, 0.4) is 0 Å². The molecule has 1 heterocycles. The Morgan fingerprint density at radius 3 is 2.12 bits per heavy atom. The van der Waals surface area contributed by atoms with E-state index in [0.717, 1.165) is 39.0 Å². The van der Waals surface area contributed by atoms with Crippen molar-refractivity contribution in [1.82, 2.24) is 0 Å². The molecule has 3 heteroatoms. The Kier molecular flexibility index (Phi) is 7.51. The maximum atomic E-state index is 12.4. The lowest BCUT2D eigenvalue weighted by Gasteiger charge is -2.31. The molecule has 202 valence electrons. The second kappa shape index (κ2) is 11.7. The number of carbonyl (C=O) groups is 1. The first-order valence-electron chi connectivity index (χ1n) is 14.1. The van der Waals surface area contributed by atoms with Crippen molar-refractivity contribution in [3.8, 4) is 0 Å².